The van der Waals surface area contributed by atoms with Crippen molar-refractivity contribution in [2.75, 3.05) is 9.44 Å². The molecule has 0 saturated carbocycles. The van der Waals surface area contributed by atoms with Gasteiger partial charge in [-0.2, -0.15) is 0 Å². The van der Waals surface area contributed by atoms with E-state index in [1.54, 1.807) is 12.1 Å². The molecule has 14 nitrogen and oxygen atoms in total. The molecule has 0 radical (unpaired) electrons. The molecule has 1 aromatic heterocycles. The summed E-state index contributed by atoms with van der Waals surface area (Å²) in [6.07, 6.45) is 0. The summed E-state index contributed by atoms with van der Waals surface area (Å²) in [5.41, 5.74) is 1.15. The minimum Gasteiger partial charge on any atom is -0.436 e. The number of nitrogens with one attached hydrogen (secondary N) is 2. The molecule has 5 aromatic rings. The standard InChI is InChI=1S/C25H17N5O9S2/c31-29(32)19-6-10-21(11-7-19)40(35,36)27-17-3-1-16(2-4-17)25-26-23-15-18(5-14-24(23)39-25)28-41(37,38)22-12-8-20(9-13-22)30(33)34/h1-15,27-28H. The zero-order valence-corrected chi connectivity index (χ0v) is 22.1. The number of oxazole rings is 1. The molecule has 2 N–H and O–H groups in total. The van der Waals surface area contributed by atoms with Gasteiger partial charge in [-0.15, -0.1) is 0 Å². The van der Waals surface area contributed by atoms with Crippen molar-refractivity contribution < 1.29 is 31.1 Å². The molecule has 0 saturated heterocycles. The average Bonchev–Trinajstić information content (AvgIpc) is 3.36. The minimum atomic E-state index is -4.03. The van der Waals surface area contributed by atoms with Gasteiger partial charge >= 0.3 is 0 Å². The summed E-state index contributed by atoms with van der Waals surface area (Å²) < 4.78 is 61.2. The first-order valence-electron chi connectivity index (χ1n) is 11.5. The Morgan fingerprint density at radius 2 is 1.10 bits per heavy atom. The molecule has 5 rings (SSSR count). The van der Waals surface area contributed by atoms with Crippen molar-refractivity contribution in [1.82, 2.24) is 4.98 Å². The Hall–Kier alpha value is -5.35. The topological polar surface area (TPSA) is 205 Å². The predicted octanol–water partition coefficient (Wildman–Crippen LogP) is 4.91. The van der Waals surface area contributed by atoms with Crippen molar-refractivity contribution in [3.05, 3.63) is 111 Å². The first-order valence-corrected chi connectivity index (χ1v) is 14.4. The number of sulfonamides is 2. The van der Waals surface area contributed by atoms with Gasteiger partial charge in [0.05, 0.1) is 25.3 Å². The van der Waals surface area contributed by atoms with E-state index in [-0.39, 0.29) is 38.4 Å². The number of nitrogens with zero attached hydrogens (tertiary/aromatic N) is 3. The van der Waals surface area contributed by atoms with Crippen LogP contribution in [0, 0.1) is 20.2 Å². The van der Waals surface area contributed by atoms with E-state index in [1.807, 2.05) is 0 Å². The van der Waals surface area contributed by atoms with Crippen molar-refractivity contribution in [1.29, 1.82) is 0 Å². The number of aromatic nitrogens is 1. The zero-order valence-electron chi connectivity index (χ0n) is 20.5. The Morgan fingerprint density at radius 1 is 0.634 bits per heavy atom. The van der Waals surface area contributed by atoms with Gasteiger partial charge in [0.2, 0.25) is 5.89 Å². The van der Waals surface area contributed by atoms with Crippen molar-refractivity contribution in [3.8, 4) is 11.5 Å². The number of hydrogen-bond donors (Lipinski definition) is 2. The third-order valence-corrected chi connectivity index (χ3v) is 8.53. The molecule has 0 amide bonds. The highest BCUT2D eigenvalue weighted by atomic mass is 32.2. The predicted molar refractivity (Wildman–Crippen MR) is 147 cm³/mol. The fourth-order valence-electron chi connectivity index (χ4n) is 3.72. The Labute approximate surface area is 231 Å². The number of benzene rings is 4. The highest BCUT2D eigenvalue weighted by Gasteiger charge is 2.19. The van der Waals surface area contributed by atoms with Gasteiger partial charge in [0.1, 0.15) is 5.52 Å². The lowest BCUT2D eigenvalue weighted by molar-refractivity contribution is -0.385. The minimum absolute atomic E-state index is 0.147. The molecule has 0 aliphatic heterocycles. The van der Waals surface area contributed by atoms with Crippen LogP contribution in [0.25, 0.3) is 22.6 Å². The fourth-order valence-corrected chi connectivity index (χ4v) is 5.83. The van der Waals surface area contributed by atoms with E-state index in [2.05, 4.69) is 14.4 Å². The SMILES string of the molecule is O=[N+]([O-])c1ccc(S(=O)(=O)Nc2ccc(-c3nc4cc(NS(=O)(=O)c5ccc([N+](=O)[O-])cc5)ccc4o3)cc2)cc1. The van der Waals surface area contributed by atoms with Crippen LogP contribution in [0.15, 0.2) is 105 Å². The second kappa shape index (κ2) is 10.3. The van der Waals surface area contributed by atoms with Crippen LogP contribution in [0.2, 0.25) is 0 Å². The van der Waals surface area contributed by atoms with E-state index >= 15 is 0 Å². The summed E-state index contributed by atoms with van der Waals surface area (Å²) >= 11 is 0. The third-order valence-electron chi connectivity index (χ3n) is 5.74. The van der Waals surface area contributed by atoms with Crippen LogP contribution in [-0.4, -0.2) is 31.7 Å². The zero-order chi connectivity index (χ0) is 29.4. The number of nitro benzene ring substituents is 2. The quantitative estimate of drug-likeness (QED) is 0.174. The molecule has 41 heavy (non-hydrogen) atoms. The van der Waals surface area contributed by atoms with Gasteiger partial charge in [-0.05, 0) is 66.7 Å². The average molecular weight is 596 g/mol. The normalized spacial score (nSPS) is 11.7. The molecule has 0 unspecified atom stereocenters. The monoisotopic (exact) mass is 595 g/mol. The van der Waals surface area contributed by atoms with Gasteiger partial charge in [0.25, 0.3) is 31.4 Å². The molecular formula is C25H17N5O9S2. The Kier molecular flexibility index (Phi) is 6.85. The molecule has 0 spiro atoms. The third kappa shape index (κ3) is 5.82. The summed E-state index contributed by atoms with van der Waals surface area (Å²) in [5, 5.41) is 21.6. The number of hydrogen-bond acceptors (Lipinski definition) is 10. The molecule has 16 heteroatoms. The van der Waals surface area contributed by atoms with Crippen LogP contribution in [-0.2, 0) is 20.0 Å². The fraction of sp³-hybridized carbons (Fsp3) is 0. The summed E-state index contributed by atoms with van der Waals surface area (Å²) in [5.74, 6) is 0.195. The second-order valence-corrected chi connectivity index (χ2v) is 11.9. The number of non-ortho nitro benzene ring substituents is 2. The molecule has 0 fully saturated rings. The Morgan fingerprint density at radius 3 is 1.59 bits per heavy atom. The Balaban J connectivity index is 1.32. The van der Waals surface area contributed by atoms with E-state index in [9.17, 15) is 37.1 Å². The van der Waals surface area contributed by atoms with Crippen molar-refractivity contribution in [3.63, 3.8) is 0 Å². The van der Waals surface area contributed by atoms with Crippen LogP contribution in [0.1, 0.15) is 0 Å². The molecular weight excluding hydrogens is 578 g/mol. The highest BCUT2D eigenvalue weighted by Crippen LogP contribution is 2.29. The summed E-state index contributed by atoms with van der Waals surface area (Å²) in [6, 6.07) is 19.4. The van der Waals surface area contributed by atoms with Gasteiger partial charge in [-0.3, -0.25) is 29.7 Å². The molecule has 0 aliphatic rings. The number of rotatable bonds is 9. The maximum absolute atomic E-state index is 12.7. The lowest BCUT2D eigenvalue weighted by Crippen LogP contribution is -2.12. The van der Waals surface area contributed by atoms with E-state index in [1.165, 1.54) is 30.3 Å². The first kappa shape index (κ1) is 27.2. The lowest BCUT2D eigenvalue weighted by Gasteiger charge is -2.08. The largest absolute Gasteiger partial charge is 0.436 e. The van der Waals surface area contributed by atoms with Gasteiger partial charge < -0.3 is 4.42 Å². The van der Waals surface area contributed by atoms with Crippen molar-refractivity contribution in [2.45, 2.75) is 9.79 Å². The van der Waals surface area contributed by atoms with Crippen LogP contribution >= 0.6 is 0 Å². The van der Waals surface area contributed by atoms with E-state index in [0.717, 1.165) is 48.5 Å². The molecule has 4 aromatic carbocycles. The van der Waals surface area contributed by atoms with Crippen molar-refractivity contribution >= 4 is 53.9 Å². The number of anilines is 2. The van der Waals surface area contributed by atoms with Gasteiger partial charge in [-0.25, -0.2) is 21.8 Å². The number of fused-ring (bicyclic) bond motifs is 1. The summed E-state index contributed by atoms with van der Waals surface area (Å²) in [6.45, 7) is 0. The Bertz CT molecular complexity index is 2010. The number of nitro groups is 2. The lowest BCUT2D eigenvalue weighted by atomic mass is 10.2. The van der Waals surface area contributed by atoms with Crippen LogP contribution in [0.3, 0.4) is 0 Å². The van der Waals surface area contributed by atoms with E-state index < -0.39 is 29.9 Å². The summed E-state index contributed by atoms with van der Waals surface area (Å²) in [7, 11) is -8.03. The van der Waals surface area contributed by atoms with E-state index in [0.29, 0.717) is 16.7 Å². The summed E-state index contributed by atoms with van der Waals surface area (Å²) in [4.78, 5) is 24.4. The van der Waals surface area contributed by atoms with Gasteiger partial charge in [0.15, 0.2) is 5.58 Å². The van der Waals surface area contributed by atoms with Crippen LogP contribution < -0.4 is 9.44 Å². The second-order valence-electron chi connectivity index (χ2n) is 8.49. The molecule has 208 valence electrons. The molecule has 0 bridgehead atoms. The van der Waals surface area contributed by atoms with Gasteiger partial charge in [-0.1, -0.05) is 0 Å². The van der Waals surface area contributed by atoms with Crippen LogP contribution in [0.5, 0.6) is 0 Å². The van der Waals surface area contributed by atoms with Crippen LogP contribution in [0.4, 0.5) is 22.7 Å². The molecule has 0 aliphatic carbocycles. The first-order chi connectivity index (χ1) is 19.4. The van der Waals surface area contributed by atoms with Gasteiger partial charge in [0, 0.05) is 35.5 Å². The molecule has 1 heterocycles. The van der Waals surface area contributed by atoms with Crippen molar-refractivity contribution in [2.24, 2.45) is 0 Å². The maximum atomic E-state index is 12.7. The maximum Gasteiger partial charge on any atom is 0.269 e. The van der Waals surface area contributed by atoms with E-state index in [4.69, 9.17) is 4.42 Å². The smallest absolute Gasteiger partial charge is 0.269 e. The molecule has 0 atom stereocenters. The highest BCUT2D eigenvalue weighted by molar-refractivity contribution is 7.93.